The molecule has 3 aromatic carbocycles. The van der Waals surface area contributed by atoms with Crippen molar-refractivity contribution in [2.24, 2.45) is 0 Å². The fourth-order valence-electron chi connectivity index (χ4n) is 4.14. The summed E-state index contributed by atoms with van der Waals surface area (Å²) in [6.45, 7) is 5.25. The van der Waals surface area contributed by atoms with Crippen molar-refractivity contribution in [3.8, 4) is 11.1 Å². The summed E-state index contributed by atoms with van der Waals surface area (Å²) in [5.74, 6) is -0.618. The zero-order valence-electron chi connectivity index (χ0n) is 19.8. The van der Waals surface area contributed by atoms with Gasteiger partial charge in [-0.15, -0.1) is 0 Å². The third kappa shape index (κ3) is 4.88. The van der Waals surface area contributed by atoms with Gasteiger partial charge in [-0.2, -0.15) is 0 Å². The van der Waals surface area contributed by atoms with Gasteiger partial charge >= 0.3 is 11.9 Å². The third-order valence-corrected chi connectivity index (χ3v) is 6.00. The molecule has 0 saturated carbocycles. The van der Waals surface area contributed by atoms with Crippen LogP contribution in [0.15, 0.2) is 72.9 Å². The number of carbonyl (C=O) groups excluding carboxylic acids is 2. The number of rotatable bonds is 8. The topological polar surface area (TPSA) is 57.5 Å². The Bertz CT molecular complexity index is 1320. The largest absolute Gasteiger partial charge is 0.465 e. The number of aryl methyl sites for hydroxylation is 1. The van der Waals surface area contributed by atoms with Crippen LogP contribution in [0.2, 0.25) is 0 Å². The molecule has 1 heterocycles. The van der Waals surface area contributed by atoms with Crippen LogP contribution < -0.4 is 0 Å². The number of benzene rings is 3. The number of ether oxygens (including phenoxy) is 2. The quantitative estimate of drug-likeness (QED) is 0.228. The predicted octanol–water partition coefficient (Wildman–Crippen LogP) is 6.41. The van der Waals surface area contributed by atoms with Crippen molar-refractivity contribution in [2.45, 2.75) is 33.2 Å². The van der Waals surface area contributed by atoms with Crippen LogP contribution in [0.5, 0.6) is 0 Å². The van der Waals surface area contributed by atoms with E-state index in [1.807, 2.05) is 55.5 Å². The zero-order chi connectivity index (χ0) is 24.1. The molecule has 0 fully saturated rings. The van der Waals surface area contributed by atoms with Gasteiger partial charge in [0.25, 0.3) is 0 Å². The average Bonchev–Trinajstić information content (AvgIpc) is 3.18. The first-order valence-corrected chi connectivity index (χ1v) is 11.5. The maximum atomic E-state index is 12.6. The Hall–Kier alpha value is -3.86. The van der Waals surface area contributed by atoms with Crippen LogP contribution in [-0.2, 0) is 16.0 Å². The smallest absolute Gasteiger partial charge is 0.338 e. The van der Waals surface area contributed by atoms with E-state index in [1.165, 1.54) is 7.11 Å². The molecule has 0 unspecified atom stereocenters. The first-order valence-electron chi connectivity index (χ1n) is 11.5. The summed E-state index contributed by atoms with van der Waals surface area (Å²) in [6, 6.07) is 21.4. The van der Waals surface area contributed by atoms with Crippen molar-refractivity contribution in [1.82, 2.24) is 4.57 Å². The number of nitrogens with zero attached hydrogens (tertiary/aromatic N) is 1. The summed E-state index contributed by atoms with van der Waals surface area (Å²) >= 11 is 0. The van der Waals surface area contributed by atoms with Crippen LogP contribution in [0.1, 0.15) is 51.6 Å². The molecule has 0 bridgehead atoms. The lowest BCUT2D eigenvalue weighted by Gasteiger charge is -2.11. The van der Waals surface area contributed by atoms with Crippen LogP contribution >= 0.6 is 0 Å². The second kappa shape index (κ2) is 10.4. The molecule has 1 aromatic heterocycles. The number of unbranched alkanes of at least 4 members (excludes halogenated alkanes) is 1. The molecule has 0 aliphatic heterocycles. The fourth-order valence-corrected chi connectivity index (χ4v) is 4.14. The Morgan fingerprint density at radius 2 is 1.71 bits per heavy atom. The van der Waals surface area contributed by atoms with E-state index in [0.717, 1.165) is 46.0 Å². The molecule has 0 aliphatic carbocycles. The zero-order valence-corrected chi connectivity index (χ0v) is 19.8. The van der Waals surface area contributed by atoms with Gasteiger partial charge < -0.3 is 14.0 Å². The van der Waals surface area contributed by atoms with Crippen LogP contribution in [0.4, 0.5) is 0 Å². The molecule has 0 radical (unpaired) electrons. The molecule has 4 rings (SSSR count). The van der Waals surface area contributed by atoms with Crippen molar-refractivity contribution < 1.29 is 19.1 Å². The minimum atomic E-state index is -0.334. The molecule has 5 nitrogen and oxygen atoms in total. The van der Waals surface area contributed by atoms with E-state index in [2.05, 4.69) is 29.8 Å². The van der Waals surface area contributed by atoms with Gasteiger partial charge in [0, 0.05) is 23.6 Å². The van der Waals surface area contributed by atoms with Crippen molar-refractivity contribution >= 4 is 22.8 Å². The van der Waals surface area contributed by atoms with E-state index in [-0.39, 0.29) is 11.9 Å². The molecule has 0 N–H and O–H groups in total. The monoisotopic (exact) mass is 455 g/mol. The molecule has 0 aliphatic rings. The van der Waals surface area contributed by atoms with Crippen molar-refractivity contribution in [1.29, 1.82) is 0 Å². The maximum absolute atomic E-state index is 12.6. The molecule has 5 heteroatoms. The fraction of sp³-hybridized carbons (Fsp3) is 0.241. The molecule has 0 saturated heterocycles. The summed E-state index contributed by atoms with van der Waals surface area (Å²) in [7, 11) is 1.39. The number of hydrogen-bond donors (Lipinski definition) is 0. The first-order chi connectivity index (χ1) is 16.5. The summed E-state index contributed by atoms with van der Waals surface area (Å²) in [5, 5.41) is 1.04. The van der Waals surface area contributed by atoms with Gasteiger partial charge in [-0.05, 0) is 59.9 Å². The minimum Gasteiger partial charge on any atom is -0.465 e. The molecule has 0 atom stereocenters. The summed E-state index contributed by atoms with van der Waals surface area (Å²) in [6.07, 6.45) is 3.94. The lowest BCUT2D eigenvalue weighted by atomic mass is 9.98. The van der Waals surface area contributed by atoms with Gasteiger partial charge in [0.05, 0.1) is 24.8 Å². The van der Waals surface area contributed by atoms with Crippen LogP contribution in [0.3, 0.4) is 0 Å². The van der Waals surface area contributed by atoms with E-state index < -0.39 is 0 Å². The normalized spacial score (nSPS) is 10.9. The van der Waals surface area contributed by atoms with E-state index in [9.17, 15) is 9.59 Å². The Morgan fingerprint density at radius 1 is 0.941 bits per heavy atom. The maximum Gasteiger partial charge on any atom is 0.338 e. The molecule has 174 valence electrons. The van der Waals surface area contributed by atoms with Crippen molar-refractivity contribution in [3.63, 3.8) is 0 Å². The molecule has 0 spiro atoms. The SMILES string of the molecule is CCCCOC(=O)c1ccccc1-c1ccc(Cn2cc(C)c3cc(C(=O)OC)ccc32)cc1. The second-order valence-electron chi connectivity index (χ2n) is 8.40. The molecule has 4 aromatic rings. The average molecular weight is 456 g/mol. The number of fused-ring (bicyclic) bond motifs is 1. The number of esters is 2. The van der Waals surface area contributed by atoms with Crippen LogP contribution in [-0.4, -0.2) is 30.2 Å². The highest BCUT2D eigenvalue weighted by Gasteiger charge is 2.14. The van der Waals surface area contributed by atoms with Gasteiger partial charge in [-0.1, -0.05) is 55.8 Å². The highest BCUT2D eigenvalue weighted by atomic mass is 16.5. The van der Waals surface area contributed by atoms with E-state index >= 15 is 0 Å². The number of carbonyl (C=O) groups is 2. The second-order valence-corrected chi connectivity index (χ2v) is 8.40. The van der Waals surface area contributed by atoms with Gasteiger partial charge in [0.1, 0.15) is 0 Å². The number of hydrogen-bond acceptors (Lipinski definition) is 4. The Morgan fingerprint density at radius 3 is 2.44 bits per heavy atom. The Kier molecular flexibility index (Phi) is 7.12. The molecule has 34 heavy (non-hydrogen) atoms. The van der Waals surface area contributed by atoms with Crippen LogP contribution in [0.25, 0.3) is 22.0 Å². The first kappa shape index (κ1) is 23.3. The third-order valence-electron chi connectivity index (χ3n) is 6.00. The molecule has 0 amide bonds. The summed E-state index contributed by atoms with van der Waals surface area (Å²) in [5.41, 5.74) is 6.28. The highest BCUT2D eigenvalue weighted by molar-refractivity contribution is 5.97. The Balaban J connectivity index is 1.56. The minimum absolute atomic E-state index is 0.284. The molecular weight excluding hydrogens is 426 g/mol. The van der Waals surface area contributed by atoms with Gasteiger partial charge in [-0.25, -0.2) is 9.59 Å². The highest BCUT2D eigenvalue weighted by Crippen LogP contribution is 2.27. The van der Waals surface area contributed by atoms with Crippen LogP contribution in [0, 0.1) is 6.92 Å². The lowest BCUT2D eigenvalue weighted by molar-refractivity contribution is 0.0500. The van der Waals surface area contributed by atoms with Crippen molar-refractivity contribution in [3.05, 3.63) is 95.2 Å². The standard InChI is InChI=1S/C29H29NO4/c1-4-5-16-34-29(32)25-9-7-6-8-24(25)22-12-10-21(11-13-22)19-30-18-20(2)26-17-23(28(31)33-3)14-15-27(26)30/h6-15,17-18H,4-5,16,19H2,1-3H3. The lowest BCUT2D eigenvalue weighted by Crippen LogP contribution is -2.08. The summed E-state index contributed by atoms with van der Waals surface area (Å²) in [4.78, 5) is 24.5. The van der Waals surface area contributed by atoms with E-state index in [0.29, 0.717) is 24.3 Å². The van der Waals surface area contributed by atoms with E-state index in [1.54, 1.807) is 6.07 Å². The summed E-state index contributed by atoms with van der Waals surface area (Å²) < 4.78 is 12.5. The van der Waals surface area contributed by atoms with Gasteiger partial charge in [0.15, 0.2) is 0 Å². The predicted molar refractivity (Wildman–Crippen MR) is 134 cm³/mol. The van der Waals surface area contributed by atoms with Gasteiger partial charge in [0.2, 0.25) is 0 Å². The van der Waals surface area contributed by atoms with Crippen molar-refractivity contribution in [2.75, 3.05) is 13.7 Å². The Labute approximate surface area is 199 Å². The number of aromatic nitrogens is 1. The van der Waals surface area contributed by atoms with Gasteiger partial charge in [-0.3, -0.25) is 0 Å². The van der Waals surface area contributed by atoms with E-state index in [4.69, 9.17) is 9.47 Å². The number of methoxy groups -OCH3 is 1. The molecular formula is C29H29NO4.